The Morgan fingerprint density at radius 2 is 1.85 bits per heavy atom. The number of likely N-dealkylation sites (tertiary alicyclic amines) is 1. The van der Waals surface area contributed by atoms with Crippen molar-refractivity contribution in [1.82, 2.24) is 15.5 Å². The molecular formula is C19H28ClN3O3. The van der Waals surface area contributed by atoms with E-state index in [4.69, 9.17) is 4.74 Å². The van der Waals surface area contributed by atoms with E-state index in [0.717, 1.165) is 38.2 Å². The Bertz CT molecular complexity index is 573. The Morgan fingerprint density at radius 1 is 1.15 bits per heavy atom. The minimum atomic E-state index is 0. The smallest absolute Gasteiger partial charge is 0.225 e. The normalized spacial score (nSPS) is 17.8. The molecule has 0 bridgehead atoms. The molecule has 2 heterocycles. The molecule has 0 radical (unpaired) electrons. The molecular weight excluding hydrogens is 354 g/mol. The number of hydrogen-bond acceptors (Lipinski definition) is 4. The summed E-state index contributed by atoms with van der Waals surface area (Å²) in [5, 5.41) is 6.25. The Hall–Kier alpha value is -1.79. The van der Waals surface area contributed by atoms with Crippen LogP contribution in [-0.2, 0) is 9.59 Å². The lowest BCUT2D eigenvalue weighted by atomic mass is 9.95. The molecule has 2 aliphatic heterocycles. The number of ether oxygens (including phenoxy) is 1. The maximum absolute atomic E-state index is 12.3. The lowest BCUT2D eigenvalue weighted by Gasteiger charge is -2.32. The van der Waals surface area contributed by atoms with E-state index >= 15 is 0 Å². The summed E-state index contributed by atoms with van der Waals surface area (Å²) in [7, 11) is 0. The van der Waals surface area contributed by atoms with Crippen LogP contribution in [0.5, 0.6) is 5.75 Å². The van der Waals surface area contributed by atoms with Crippen molar-refractivity contribution in [2.45, 2.75) is 19.3 Å². The van der Waals surface area contributed by atoms with Gasteiger partial charge in [-0.25, -0.2) is 0 Å². The zero-order chi connectivity index (χ0) is 17.5. The summed E-state index contributed by atoms with van der Waals surface area (Å²) >= 11 is 0. The zero-order valence-electron chi connectivity index (χ0n) is 15.0. The number of nitrogens with zero attached hydrogens (tertiary/aromatic N) is 1. The highest BCUT2D eigenvalue weighted by atomic mass is 35.5. The fraction of sp³-hybridized carbons (Fsp3) is 0.579. The molecule has 2 amide bonds. The highest BCUT2D eigenvalue weighted by Gasteiger charge is 2.28. The lowest BCUT2D eigenvalue weighted by Crippen LogP contribution is -2.50. The van der Waals surface area contributed by atoms with Gasteiger partial charge in [0.2, 0.25) is 11.8 Å². The molecule has 7 heteroatoms. The van der Waals surface area contributed by atoms with Crippen molar-refractivity contribution in [3.63, 3.8) is 0 Å². The topological polar surface area (TPSA) is 70.7 Å². The van der Waals surface area contributed by atoms with E-state index in [1.54, 1.807) is 0 Å². The van der Waals surface area contributed by atoms with Crippen molar-refractivity contribution >= 4 is 24.2 Å². The second-order valence-electron chi connectivity index (χ2n) is 6.84. The predicted octanol–water partition coefficient (Wildman–Crippen LogP) is 1.45. The lowest BCUT2D eigenvalue weighted by molar-refractivity contribution is -0.136. The summed E-state index contributed by atoms with van der Waals surface area (Å²) in [5.74, 6) is 1.65. The maximum Gasteiger partial charge on any atom is 0.225 e. The van der Waals surface area contributed by atoms with Gasteiger partial charge in [-0.15, -0.1) is 12.4 Å². The van der Waals surface area contributed by atoms with Crippen molar-refractivity contribution in [1.29, 1.82) is 0 Å². The molecule has 1 aromatic carbocycles. The summed E-state index contributed by atoms with van der Waals surface area (Å²) in [4.78, 5) is 26.3. The van der Waals surface area contributed by atoms with Crippen LogP contribution in [0.15, 0.2) is 30.3 Å². The van der Waals surface area contributed by atoms with Crippen LogP contribution in [0.2, 0.25) is 0 Å². The number of nitrogens with one attached hydrogen (secondary N) is 2. The minimum Gasteiger partial charge on any atom is -0.493 e. The largest absolute Gasteiger partial charge is 0.493 e. The van der Waals surface area contributed by atoms with Gasteiger partial charge in [-0.1, -0.05) is 18.2 Å². The molecule has 0 saturated carbocycles. The molecule has 2 aliphatic rings. The molecule has 6 nitrogen and oxygen atoms in total. The zero-order valence-corrected chi connectivity index (χ0v) is 15.8. The molecule has 0 aliphatic carbocycles. The summed E-state index contributed by atoms with van der Waals surface area (Å²) in [6.45, 7) is 4.47. The average Bonchev–Trinajstić information content (AvgIpc) is 2.61. The number of amides is 2. The van der Waals surface area contributed by atoms with E-state index in [-0.39, 0.29) is 30.1 Å². The maximum atomic E-state index is 12.3. The molecule has 0 aromatic heterocycles. The van der Waals surface area contributed by atoms with Gasteiger partial charge in [0, 0.05) is 44.6 Å². The number of para-hydroxylation sites is 1. The highest BCUT2D eigenvalue weighted by molar-refractivity contribution is 5.85. The second-order valence-corrected chi connectivity index (χ2v) is 6.84. The van der Waals surface area contributed by atoms with Crippen LogP contribution in [0.4, 0.5) is 0 Å². The van der Waals surface area contributed by atoms with Gasteiger partial charge < -0.3 is 20.3 Å². The van der Waals surface area contributed by atoms with Crippen molar-refractivity contribution in [2.24, 2.45) is 11.8 Å². The Morgan fingerprint density at radius 3 is 2.46 bits per heavy atom. The fourth-order valence-corrected chi connectivity index (χ4v) is 3.20. The summed E-state index contributed by atoms with van der Waals surface area (Å²) in [5.41, 5.74) is 0. The fourth-order valence-electron chi connectivity index (χ4n) is 3.20. The van der Waals surface area contributed by atoms with Crippen LogP contribution >= 0.6 is 12.4 Å². The van der Waals surface area contributed by atoms with E-state index < -0.39 is 0 Å². The molecule has 0 spiro atoms. The number of benzene rings is 1. The molecule has 0 unspecified atom stereocenters. The first-order valence-electron chi connectivity index (χ1n) is 9.16. The van der Waals surface area contributed by atoms with Gasteiger partial charge in [-0.05, 0) is 25.0 Å². The van der Waals surface area contributed by atoms with Crippen molar-refractivity contribution in [3.05, 3.63) is 30.3 Å². The summed E-state index contributed by atoms with van der Waals surface area (Å²) in [6, 6.07) is 9.52. The van der Waals surface area contributed by atoms with Gasteiger partial charge in [-0.2, -0.15) is 0 Å². The molecule has 26 heavy (non-hydrogen) atoms. The number of carbonyl (C=O) groups is 2. The first kappa shape index (κ1) is 20.5. The molecule has 1 aromatic rings. The van der Waals surface area contributed by atoms with Gasteiger partial charge in [0.1, 0.15) is 5.75 Å². The number of piperidine rings is 1. The molecule has 3 rings (SSSR count). The highest BCUT2D eigenvalue weighted by Crippen LogP contribution is 2.18. The third kappa shape index (κ3) is 5.88. The van der Waals surface area contributed by atoms with Crippen molar-refractivity contribution in [2.75, 3.05) is 39.3 Å². The van der Waals surface area contributed by atoms with Gasteiger partial charge in [0.15, 0.2) is 0 Å². The van der Waals surface area contributed by atoms with Gasteiger partial charge >= 0.3 is 0 Å². The summed E-state index contributed by atoms with van der Waals surface area (Å²) in [6.07, 6.45) is 1.88. The molecule has 2 N–H and O–H groups in total. The first-order chi connectivity index (χ1) is 12.2. The standard InChI is InChI=1S/C19H27N3O3.ClH/c23-18(8-11-25-17-4-2-1-3-5-17)22-9-6-16(7-10-22)19(24)21-14-15-12-20-13-15;/h1-5,15-16,20H,6-14H2,(H,21,24);1H. The van der Waals surface area contributed by atoms with Crippen LogP contribution in [0, 0.1) is 11.8 Å². The van der Waals surface area contributed by atoms with Gasteiger partial charge in [0.05, 0.1) is 13.0 Å². The van der Waals surface area contributed by atoms with Crippen LogP contribution in [-0.4, -0.2) is 56.0 Å². The molecule has 2 saturated heterocycles. The Balaban J connectivity index is 0.00000243. The first-order valence-corrected chi connectivity index (χ1v) is 9.16. The van der Waals surface area contributed by atoms with E-state index in [1.165, 1.54) is 0 Å². The third-order valence-corrected chi connectivity index (χ3v) is 4.98. The molecule has 2 fully saturated rings. The van der Waals surface area contributed by atoms with Crippen molar-refractivity contribution in [3.8, 4) is 5.75 Å². The molecule has 0 atom stereocenters. The van der Waals surface area contributed by atoms with Gasteiger partial charge in [0.25, 0.3) is 0 Å². The van der Waals surface area contributed by atoms with E-state index in [1.807, 2.05) is 35.2 Å². The SMILES string of the molecule is Cl.O=C(NCC1CNC1)C1CCN(C(=O)CCOc2ccccc2)CC1. The van der Waals surface area contributed by atoms with Crippen LogP contribution in [0.3, 0.4) is 0 Å². The van der Waals surface area contributed by atoms with Crippen LogP contribution in [0.25, 0.3) is 0 Å². The van der Waals surface area contributed by atoms with E-state index in [0.29, 0.717) is 32.0 Å². The Labute approximate surface area is 161 Å². The Kier molecular flexibility index (Phi) is 8.19. The van der Waals surface area contributed by atoms with Crippen molar-refractivity contribution < 1.29 is 14.3 Å². The van der Waals surface area contributed by atoms with Crippen LogP contribution < -0.4 is 15.4 Å². The average molecular weight is 382 g/mol. The number of rotatable bonds is 7. The number of carbonyl (C=O) groups excluding carboxylic acids is 2. The number of hydrogen-bond donors (Lipinski definition) is 2. The van der Waals surface area contributed by atoms with Crippen LogP contribution in [0.1, 0.15) is 19.3 Å². The monoisotopic (exact) mass is 381 g/mol. The minimum absolute atomic E-state index is 0. The number of halogens is 1. The van der Waals surface area contributed by atoms with Gasteiger partial charge in [-0.3, -0.25) is 9.59 Å². The second kappa shape index (κ2) is 10.4. The quantitative estimate of drug-likeness (QED) is 0.750. The van der Waals surface area contributed by atoms with E-state index in [9.17, 15) is 9.59 Å². The van der Waals surface area contributed by atoms with E-state index in [2.05, 4.69) is 10.6 Å². The predicted molar refractivity (Wildman–Crippen MR) is 102 cm³/mol. The summed E-state index contributed by atoms with van der Waals surface area (Å²) < 4.78 is 5.58. The third-order valence-electron chi connectivity index (χ3n) is 4.98. The molecule has 144 valence electrons.